The van der Waals surface area contributed by atoms with Gasteiger partial charge in [0.05, 0.1) is 10.4 Å². The van der Waals surface area contributed by atoms with Crippen LogP contribution in [0.1, 0.15) is 25.0 Å². The average molecular weight is 402 g/mol. The molecule has 1 atom stereocenters. The molecule has 1 unspecified atom stereocenters. The second-order valence-corrected chi connectivity index (χ2v) is 6.50. The molecule has 0 saturated heterocycles. The lowest BCUT2D eigenvalue weighted by atomic mass is 10.00. The van der Waals surface area contributed by atoms with Crippen molar-refractivity contribution in [1.82, 2.24) is 0 Å². The van der Waals surface area contributed by atoms with Crippen molar-refractivity contribution in [2.75, 3.05) is 0 Å². The zero-order valence-corrected chi connectivity index (χ0v) is 13.6. The van der Waals surface area contributed by atoms with Crippen molar-refractivity contribution in [3.05, 3.63) is 33.8 Å². The number of ketones is 1. The maximum absolute atomic E-state index is 12.7. The average Bonchev–Trinajstić information content (AvgIpc) is 2.28. The molecule has 0 aliphatic rings. The molecule has 19 heavy (non-hydrogen) atoms. The van der Waals surface area contributed by atoms with E-state index < -0.39 is 16.6 Å². The molecule has 106 valence electrons. The zero-order chi connectivity index (χ0) is 14.8. The predicted octanol–water partition coefficient (Wildman–Crippen LogP) is 5.00. The summed E-state index contributed by atoms with van der Waals surface area (Å²) in [6.45, 7) is 3.53. The lowest BCUT2D eigenvalue weighted by Gasteiger charge is -2.14. The third-order valence-electron chi connectivity index (χ3n) is 2.63. The molecule has 0 heterocycles. The Morgan fingerprint density at radius 1 is 1.32 bits per heavy atom. The molecular weight excluding hydrogens is 389 g/mol. The number of hydrogen-bond donors (Lipinski definition) is 0. The van der Waals surface area contributed by atoms with E-state index >= 15 is 0 Å². The summed E-state index contributed by atoms with van der Waals surface area (Å²) in [7, 11) is 0. The minimum Gasteiger partial charge on any atom is -0.298 e. The van der Waals surface area contributed by atoms with Crippen molar-refractivity contribution >= 4 is 37.6 Å². The number of rotatable bonds is 4. The van der Waals surface area contributed by atoms with Gasteiger partial charge in [0.2, 0.25) is 0 Å². The smallest absolute Gasteiger partial charge is 0.298 e. The Hall–Kier alpha value is -0.360. The number of alkyl halides is 4. The van der Waals surface area contributed by atoms with Crippen LogP contribution in [-0.2, 0) is 17.4 Å². The van der Waals surface area contributed by atoms with Gasteiger partial charge < -0.3 is 0 Å². The van der Waals surface area contributed by atoms with Crippen molar-refractivity contribution in [1.29, 1.82) is 0 Å². The molecule has 0 N–H and O–H groups in total. The van der Waals surface area contributed by atoms with Gasteiger partial charge in [-0.15, -0.1) is 0 Å². The quantitative estimate of drug-likeness (QED) is 0.649. The fourth-order valence-corrected chi connectivity index (χ4v) is 2.96. The van der Waals surface area contributed by atoms with E-state index in [4.69, 9.17) is 0 Å². The molecular formula is C13H13Br2F3O. The van der Waals surface area contributed by atoms with E-state index in [0.29, 0.717) is 5.56 Å². The fraction of sp³-hybridized carbons (Fsp3) is 0.462. The van der Waals surface area contributed by atoms with Crippen molar-refractivity contribution in [2.45, 2.75) is 31.3 Å². The molecule has 0 aromatic heterocycles. The Kier molecular flexibility index (Phi) is 5.62. The van der Waals surface area contributed by atoms with E-state index in [1.54, 1.807) is 19.9 Å². The van der Waals surface area contributed by atoms with E-state index in [9.17, 15) is 18.0 Å². The first-order chi connectivity index (χ1) is 8.62. The van der Waals surface area contributed by atoms with Crippen molar-refractivity contribution < 1.29 is 18.0 Å². The third kappa shape index (κ3) is 4.60. The SMILES string of the molecule is CC(C)C(=O)C(Br)Cc1ccc(Br)c(C(F)(F)F)c1. The lowest BCUT2D eigenvalue weighted by Crippen LogP contribution is -2.22. The minimum atomic E-state index is -4.40. The number of carbonyl (C=O) groups is 1. The first kappa shape index (κ1) is 16.7. The van der Waals surface area contributed by atoms with Gasteiger partial charge in [-0.2, -0.15) is 13.2 Å². The topological polar surface area (TPSA) is 17.1 Å². The summed E-state index contributed by atoms with van der Waals surface area (Å²) in [5.74, 6) is -0.168. The molecule has 1 rings (SSSR count). The van der Waals surface area contributed by atoms with Gasteiger partial charge in [-0.3, -0.25) is 4.79 Å². The van der Waals surface area contributed by atoms with E-state index in [1.165, 1.54) is 6.07 Å². The first-order valence-corrected chi connectivity index (χ1v) is 7.37. The first-order valence-electron chi connectivity index (χ1n) is 5.66. The fourth-order valence-electron chi connectivity index (χ4n) is 1.59. The van der Waals surface area contributed by atoms with Crippen LogP contribution in [0.2, 0.25) is 0 Å². The Morgan fingerprint density at radius 3 is 2.37 bits per heavy atom. The number of hydrogen-bond acceptors (Lipinski definition) is 1. The van der Waals surface area contributed by atoms with Crippen LogP contribution in [-0.4, -0.2) is 10.6 Å². The summed E-state index contributed by atoms with van der Waals surface area (Å²) in [5.41, 5.74) is -0.243. The van der Waals surface area contributed by atoms with Crippen LogP contribution >= 0.6 is 31.9 Å². The summed E-state index contributed by atoms with van der Waals surface area (Å²) in [6.07, 6.45) is -4.16. The number of carbonyl (C=O) groups excluding carboxylic acids is 1. The maximum atomic E-state index is 12.7. The molecule has 1 aromatic carbocycles. The molecule has 6 heteroatoms. The molecule has 1 aromatic rings. The van der Waals surface area contributed by atoms with E-state index in [-0.39, 0.29) is 22.6 Å². The van der Waals surface area contributed by atoms with Crippen molar-refractivity contribution in [2.24, 2.45) is 5.92 Å². The Morgan fingerprint density at radius 2 is 1.89 bits per heavy atom. The minimum absolute atomic E-state index is 0.00468. The molecule has 0 aliphatic heterocycles. The van der Waals surface area contributed by atoms with Gasteiger partial charge in [0.15, 0.2) is 0 Å². The molecule has 0 radical (unpaired) electrons. The van der Waals surface area contributed by atoms with E-state index in [2.05, 4.69) is 31.9 Å². The predicted molar refractivity (Wildman–Crippen MR) is 75.4 cm³/mol. The molecule has 0 amide bonds. The van der Waals surface area contributed by atoms with Crippen LogP contribution in [0.15, 0.2) is 22.7 Å². The van der Waals surface area contributed by atoms with Gasteiger partial charge in [0.25, 0.3) is 0 Å². The standard InChI is InChI=1S/C13H13Br2F3O/c1-7(2)12(19)11(15)6-8-3-4-10(14)9(5-8)13(16,17)18/h3-5,7,11H,6H2,1-2H3. The van der Waals surface area contributed by atoms with E-state index in [1.807, 2.05) is 0 Å². The van der Waals surface area contributed by atoms with Gasteiger partial charge in [-0.05, 0) is 24.1 Å². The van der Waals surface area contributed by atoms with Crippen LogP contribution in [0.25, 0.3) is 0 Å². The summed E-state index contributed by atoms with van der Waals surface area (Å²) >= 11 is 6.12. The maximum Gasteiger partial charge on any atom is 0.417 e. The van der Waals surface area contributed by atoms with Gasteiger partial charge >= 0.3 is 6.18 Å². The molecule has 0 fully saturated rings. The Labute approximate surface area is 126 Å². The molecule has 0 saturated carbocycles. The number of halogens is 5. The zero-order valence-electron chi connectivity index (χ0n) is 10.4. The number of benzene rings is 1. The Balaban J connectivity index is 2.95. The molecule has 1 nitrogen and oxygen atoms in total. The summed E-state index contributed by atoms with van der Waals surface area (Å²) in [4.78, 5) is 11.3. The number of Topliss-reactive ketones (excluding diaryl/α,β-unsaturated/α-hetero) is 1. The van der Waals surface area contributed by atoms with Gasteiger partial charge in [0, 0.05) is 10.4 Å². The summed E-state index contributed by atoms with van der Waals surface area (Å²) in [5, 5.41) is 0. The van der Waals surface area contributed by atoms with Gasteiger partial charge in [-0.25, -0.2) is 0 Å². The highest BCUT2D eigenvalue weighted by Crippen LogP contribution is 2.35. The van der Waals surface area contributed by atoms with Crippen molar-refractivity contribution in [3.63, 3.8) is 0 Å². The van der Waals surface area contributed by atoms with E-state index in [0.717, 1.165) is 6.07 Å². The van der Waals surface area contributed by atoms with Crippen LogP contribution in [0.5, 0.6) is 0 Å². The Bertz CT molecular complexity index is 469. The van der Waals surface area contributed by atoms with Crippen LogP contribution in [0.3, 0.4) is 0 Å². The van der Waals surface area contributed by atoms with Crippen LogP contribution in [0, 0.1) is 5.92 Å². The summed E-state index contributed by atoms with van der Waals surface area (Å²) < 4.78 is 38.2. The normalized spacial score (nSPS) is 13.7. The largest absolute Gasteiger partial charge is 0.417 e. The molecule has 0 spiro atoms. The highest BCUT2D eigenvalue weighted by Gasteiger charge is 2.33. The third-order valence-corrected chi connectivity index (χ3v) is 4.10. The second kappa shape index (κ2) is 6.39. The van der Waals surface area contributed by atoms with Gasteiger partial charge in [-0.1, -0.05) is 51.8 Å². The van der Waals surface area contributed by atoms with Crippen LogP contribution in [0.4, 0.5) is 13.2 Å². The van der Waals surface area contributed by atoms with Gasteiger partial charge in [0.1, 0.15) is 5.78 Å². The second-order valence-electron chi connectivity index (χ2n) is 4.54. The lowest BCUT2D eigenvalue weighted by molar-refractivity contribution is -0.138. The van der Waals surface area contributed by atoms with Crippen LogP contribution < -0.4 is 0 Å². The molecule has 0 aliphatic carbocycles. The highest BCUT2D eigenvalue weighted by atomic mass is 79.9. The summed E-state index contributed by atoms with van der Waals surface area (Å²) in [6, 6.07) is 4.02. The van der Waals surface area contributed by atoms with Crippen molar-refractivity contribution in [3.8, 4) is 0 Å². The molecule has 0 bridgehead atoms. The highest BCUT2D eigenvalue weighted by molar-refractivity contribution is 9.10. The monoisotopic (exact) mass is 400 g/mol.